The van der Waals surface area contributed by atoms with E-state index in [0.717, 1.165) is 0 Å². The number of carbonyl (C=O) groups is 1. The third kappa shape index (κ3) is 3.45. The van der Waals surface area contributed by atoms with Crippen molar-refractivity contribution in [3.8, 4) is 6.07 Å². The highest BCUT2D eigenvalue weighted by Crippen LogP contribution is 2.29. The summed E-state index contributed by atoms with van der Waals surface area (Å²) in [6.45, 7) is 4.00. The number of hydrogen-bond donors (Lipinski definition) is 0. The smallest absolute Gasteiger partial charge is 0.300 e. The number of benzene rings is 1. The minimum Gasteiger partial charge on any atom is -0.337 e. The van der Waals surface area contributed by atoms with Crippen LogP contribution in [0.15, 0.2) is 18.2 Å². The van der Waals surface area contributed by atoms with E-state index >= 15 is 0 Å². The van der Waals surface area contributed by atoms with Gasteiger partial charge in [0.05, 0.1) is 16.9 Å². The largest absolute Gasteiger partial charge is 0.337 e. The highest BCUT2D eigenvalue weighted by Gasteiger charge is 2.27. The van der Waals surface area contributed by atoms with Gasteiger partial charge in [-0.25, -0.2) is 0 Å². The molecule has 0 saturated carbocycles. The Labute approximate surface area is 121 Å². The van der Waals surface area contributed by atoms with Crippen LogP contribution in [0.4, 0.5) is 5.69 Å². The summed E-state index contributed by atoms with van der Waals surface area (Å²) in [5, 5.41) is 19.8. The van der Waals surface area contributed by atoms with Crippen LogP contribution >= 0.6 is 11.6 Å². The molecular formula is C13H14ClN3O3. The van der Waals surface area contributed by atoms with Gasteiger partial charge in [0.1, 0.15) is 10.6 Å². The van der Waals surface area contributed by atoms with E-state index in [9.17, 15) is 14.9 Å². The number of carbonyl (C=O) groups excluding carboxylic acids is 1. The molecule has 0 radical (unpaired) electrons. The van der Waals surface area contributed by atoms with Gasteiger partial charge in [0.2, 0.25) is 0 Å². The Bertz CT molecular complexity index is 568. The van der Waals surface area contributed by atoms with Crippen molar-refractivity contribution in [2.75, 3.05) is 13.1 Å². The van der Waals surface area contributed by atoms with Gasteiger partial charge in [-0.3, -0.25) is 14.9 Å². The van der Waals surface area contributed by atoms with E-state index in [-0.39, 0.29) is 23.0 Å². The van der Waals surface area contributed by atoms with Gasteiger partial charge < -0.3 is 4.90 Å². The maximum Gasteiger partial charge on any atom is 0.300 e. The van der Waals surface area contributed by atoms with Gasteiger partial charge in [0.15, 0.2) is 0 Å². The number of nitro groups is 1. The fourth-order valence-corrected chi connectivity index (χ4v) is 2.01. The Balaban J connectivity index is 3.17. The molecule has 0 aliphatic rings. The van der Waals surface area contributed by atoms with Crippen molar-refractivity contribution in [2.24, 2.45) is 5.92 Å². The second-order valence-electron chi connectivity index (χ2n) is 4.27. The number of hydrogen-bond acceptors (Lipinski definition) is 4. The predicted octanol–water partition coefficient (Wildman–Crippen LogP) is 2.87. The van der Waals surface area contributed by atoms with E-state index < -0.39 is 16.5 Å². The molecule has 6 nitrogen and oxygen atoms in total. The first-order valence-corrected chi connectivity index (χ1v) is 6.41. The molecule has 0 heterocycles. The third-order valence-corrected chi connectivity index (χ3v) is 3.09. The van der Waals surface area contributed by atoms with Gasteiger partial charge in [-0.2, -0.15) is 5.26 Å². The maximum absolute atomic E-state index is 12.4. The number of amides is 1. The van der Waals surface area contributed by atoms with Crippen LogP contribution in [0, 0.1) is 27.4 Å². The molecule has 20 heavy (non-hydrogen) atoms. The Morgan fingerprint density at radius 2 is 2.25 bits per heavy atom. The average molecular weight is 296 g/mol. The highest BCUT2D eigenvalue weighted by atomic mass is 35.5. The zero-order chi connectivity index (χ0) is 15.3. The van der Waals surface area contributed by atoms with Crippen LogP contribution in [0.3, 0.4) is 0 Å². The number of rotatable bonds is 5. The number of nitro benzene ring substituents is 1. The second kappa shape index (κ2) is 6.87. The lowest BCUT2D eigenvalue weighted by Crippen LogP contribution is -2.34. The number of para-hydroxylation sites is 1. The summed E-state index contributed by atoms with van der Waals surface area (Å²) in [6, 6.07) is 6.25. The molecule has 1 unspecified atom stereocenters. The van der Waals surface area contributed by atoms with Gasteiger partial charge >= 0.3 is 5.69 Å². The Kier molecular flexibility index (Phi) is 5.47. The van der Waals surface area contributed by atoms with Gasteiger partial charge in [-0.05, 0) is 26.0 Å². The van der Waals surface area contributed by atoms with Gasteiger partial charge in [-0.1, -0.05) is 17.7 Å². The fraction of sp³-hybridized carbons (Fsp3) is 0.385. The Morgan fingerprint density at radius 1 is 1.60 bits per heavy atom. The standard InChI is InChI=1S/C13H14ClN3O3/c1-3-16(8-9(2)7-15)13(18)10-5-4-6-11(14)12(10)17(19)20/h4-6,9H,3,8H2,1-2H3. The molecule has 0 spiro atoms. The summed E-state index contributed by atoms with van der Waals surface area (Å²) in [7, 11) is 0. The molecule has 106 valence electrons. The van der Waals surface area contributed by atoms with Gasteiger partial charge in [-0.15, -0.1) is 0 Å². The summed E-state index contributed by atoms with van der Waals surface area (Å²) >= 11 is 5.78. The zero-order valence-electron chi connectivity index (χ0n) is 11.2. The highest BCUT2D eigenvalue weighted by molar-refractivity contribution is 6.33. The number of halogens is 1. The first-order chi connectivity index (χ1) is 9.42. The monoisotopic (exact) mass is 295 g/mol. The van der Waals surface area contributed by atoms with E-state index in [1.54, 1.807) is 13.8 Å². The summed E-state index contributed by atoms with van der Waals surface area (Å²) in [5.41, 5.74) is -0.461. The number of nitriles is 1. The van der Waals surface area contributed by atoms with Crippen molar-refractivity contribution < 1.29 is 9.72 Å². The normalized spacial score (nSPS) is 11.5. The van der Waals surface area contributed by atoms with Crippen molar-refractivity contribution >= 4 is 23.2 Å². The Hall–Kier alpha value is -2.13. The second-order valence-corrected chi connectivity index (χ2v) is 4.67. The first-order valence-electron chi connectivity index (χ1n) is 6.04. The molecule has 0 saturated heterocycles. The molecule has 1 amide bonds. The third-order valence-electron chi connectivity index (χ3n) is 2.78. The van der Waals surface area contributed by atoms with Gasteiger partial charge in [0, 0.05) is 13.1 Å². The summed E-state index contributed by atoms with van der Waals surface area (Å²) < 4.78 is 0. The molecule has 1 atom stereocenters. The first kappa shape index (κ1) is 15.9. The van der Waals surface area contributed by atoms with E-state index in [1.165, 1.54) is 23.1 Å². The van der Waals surface area contributed by atoms with Crippen molar-refractivity contribution in [2.45, 2.75) is 13.8 Å². The summed E-state index contributed by atoms with van der Waals surface area (Å²) in [5.74, 6) is -0.846. The molecule has 0 aromatic heterocycles. The molecule has 0 fully saturated rings. The van der Waals surface area contributed by atoms with E-state index in [4.69, 9.17) is 16.9 Å². The van der Waals surface area contributed by atoms with Crippen LogP contribution in [0.5, 0.6) is 0 Å². The zero-order valence-corrected chi connectivity index (χ0v) is 11.9. The lowest BCUT2D eigenvalue weighted by Gasteiger charge is -2.22. The van der Waals surface area contributed by atoms with E-state index in [1.807, 2.05) is 6.07 Å². The summed E-state index contributed by atoms with van der Waals surface area (Å²) in [6.07, 6.45) is 0. The maximum atomic E-state index is 12.4. The number of nitrogens with zero attached hydrogens (tertiary/aromatic N) is 3. The fourth-order valence-electron chi connectivity index (χ4n) is 1.77. The average Bonchev–Trinajstić information content (AvgIpc) is 2.42. The van der Waals surface area contributed by atoms with E-state index in [0.29, 0.717) is 6.54 Å². The van der Waals surface area contributed by atoms with Crippen LogP contribution < -0.4 is 0 Å². The molecule has 1 rings (SSSR count). The van der Waals surface area contributed by atoms with Gasteiger partial charge in [0.25, 0.3) is 5.91 Å². The molecular weight excluding hydrogens is 282 g/mol. The quantitative estimate of drug-likeness (QED) is 0.617. The van der Waals surface area contributed by atoms with Crippen LogP contribution in [-0.4, -0.2) is 28.8 Å². The van der Waals surface area contributed by atoms with Crippen molar-refractivity contribution in [1.29, 1.82) is 5.26 Å². The van der Waals surface area contributed by atoms with E-state index in [2.05, 4.69) is 0 Å². The van der Waals surface area contributed by atoms with Crippen LogP contribution in [0.1, 0.15) is 24.2 Å². The van der Waals surface area contributed by atoms with Crippen molar-refractivity contribution in [1.82, 2.24) is 4.90 Å². The molecule has 0 aliphatic heterocycles. The molecule has 0 aliphatic carbocycles. The minimum atomic E-state index is -0.670. The Morgan fingerprint density at radius 3 is 2.75 bits per heavy atom. The van der Waals surface area contributed by atoms with Crippen LogP contribution in [0.25, 0.3) is 0 Å². The van der Waals surface area contributed by atoms with Crippen molar-refractivity contribution in [3.05, 3.63) is 38.9 Å². The molecule has 1 aromatic carbocycles. The lowest BCUT2D eigenvalue weighted by atomic mass is 10.1. The molecule has 0 bridgehead atoms. The minimum absolute atomic E-state index is 0.0607. The SMILES string of the molecule is CCN(CC(C)C#N)C(=O)c1cccc(Cl)c1[N+](=O)[O-]. The molecule has 1 aromatic rings. The lowest BCUT2D eigenvalue weighted by molar-refractivity contribution is -0.385. The van der Waals surface area contributed by atoms with Crippen molar-refractivity contribution in [3.63, 3.8) is 0 Å². The molecule has 7 heteroatoms. The topological polar surface area (TPSA) is 87.2 Å². The summed E-state index contributed by atoms with van der Waals surface area (Å²) in [4.78, 5) is 24.1. The predicted molar refractivity (Wildman–Crippen MR) is 74.5 cm³/mol. The van der Waals surface area contributed by atoms with Crippen LogP contribution in [0.2, 0.25) is 5.02 Å². The van der Waals surface area contributed by atoms with Crippen LogP contribution in [-0.2, 0) is 0 Å². The molecule has 0 N–H and O–H groups in total.